The summed E-state index contributed by atoms with van der Waals surface area (Å²) in [4.78, 5) is 20.9. The van der Waals surface area contributed by atoms with Crippen molar-refractivity contribution < 1.29 is 4.79 Å². The van der Waals surface area contributed by atoms with Crippen LogP contribution in [0.2, 0.25) is 0 Å². The number of aliphatic imine (C=N–C) groups is 2. The highest BCUT2D eigenvalue weighted by Gasteiger charge is 2.07. The van der Waals surface area contributed by atoms with Gasteiger partial charge in [-0.2, -0.15) is 10.2 Å². The first-order valence-corrected chi connectivity index (χ1v) is 11.0. The Kier molecular flexibility index (Phi) is 7.33. The van der Waals surface area contributed by atoms with Gasteiger partial charge in [0.05, 0.1) is 24.5 Å². The van der Waals surface area contributed by atoms with Crippen molar-refractivity contribution in [1.29, 1.82) is 0 Å². The average molecular weight is 461 g/mol. The number of hydrogen-bond donors (Lipinski definition) is 6. The number of benzene rings is 2. The molecule has 34 heavy (non-hydrogen) atoms. The lowest BCUT2D eigenvalue weighted by molar-refractivity contribution is 0.262. The molecule has 0 aliphatic carbocycles. The van der Waals surface area contributed by atoms with E-state index in [1.807, 2.05) is 62.4 Å². The molecule has 0 radical (unpaired) electrons. The molecule has 2 aromatic rings. The van der Waals surface area contributed by atoms with Gasteiger partial charge in [-0.25, -0.2) is 25.6 Å². The highest BCUT2D eigenvalue weighted by Crippen LogP contribution is 2.13. The van der Waals surface area contributed by atoms with Crippen LogP contribution in [-0.4, -0.2) is 55.6 Å². The first-order valence-electron chi connectivity index (χ1n) is 11.0. The minimum Gasteiger partial charge on any atom is -0.353 e. The topological polar surface area (TPSA) is 139 Å². The maximum absolute atomic E-state index is 12.4. The van der Waals surface area contributed by atoms with Crippen LogP contribution in [0.5, 0.6) is 0 Å². The second kappa shape index (κ2) is 10.9. The molecule has 2 amide bonds. The number of nitrogens with zero attached hydrogens (tertiary/aromatic N) is 4. The fourth-order valence-electron chi connectivity index (χ4n) is 3.23. The Morgan fingerprint density at radius 2 is 1.15 bits per heavy atom. The van der Waals surface area contributed by atoms with E-state index in [9.17, 15) is 4.79 Å². The summed E-state index contributed by atoms with van der Waals surface area (Å²) in [7, 11) is 0. The molecule has 11 nitrogen and oxygen atoms in total. The summed E-state index contributed by atoms with van der Waals surface area (Å²) in [6.45, 7) is 6.96. The summed E-state index contributed by atoms with van der Waals surface area (Å²) in [6.07, 6.45) is 0. The molecule has 0 saturated carbocycles. The van der Waals surface area contributed by atoms with Crippen LogP contribution in [-0.2, 0) is 0 Å². The van der Waals surface area contributed by atoms with Gasteiger partial charge in [0.15, 0.2) is 0 Å². The van der Waals surface area contributed by atoms with Crippen molar-refractivity contribution in [3.05, 3.63) is 59.7 Å². The molecule has 0 bridgehead atoms. The van der Waals surface area contributed by atoms with E-state index in [1.54, 1.807) is 0 Å². The Morgan fingerprint density at radius 1 is 0.735 bits per heavy atom. The van der Waals surface area contributed by atoms with Gasteiger partial charge in [0.25, 0.3) is 0 Å². The van der Waals surface area contributed by atoms with Gasteiger partial charge in [0.2, 0.25) is 11.9 Å². The van der Waals surface area contributed by atoms with Crippen LogP contribution in [0.3, 0.4) is 0 Å². The van der Waals surface area contributed by atoms with Crippen molar-refractivity contribution in [2.75, 3.05) is 36.8 Å². The predicted molar refractivity (Wildman–Crippen MR) is 137 cm³/mol. The lowest BCUT2D eigenvalue weighted by Gasteiger charge is -2.10. The van der Waals surface area contributed by atoms with Gasteiger partial charge in [-0.15, -0.1) is 0 Å². The van der Waals surface area contributed by atoms with Gasteiger partial charge < -0.3 is 21.3 Å². The molecule has 2 heterocycles. The van der Waals surface area contributed by atoms with E-state index in [0.29, 0.717) is 23.3 Å². The summed E-state index contributed by atoms with van der Waals surface area (Å²) < 4.78 is 0. The summed E-state index contributed by atoms with van der Waals surface area (Å²) in [5, 5.41) is 20.5. The van der Waals surface area contributed by atoms with Gasteiger partial charge in [0.1, 0.15) is 0 Å². The lowest BCUT2D eigenvalue weighted by Crippen LogP contribution is -2.30. The van der Waals surface area contributed by atoms with E-state index in [0.717, 1.165) is 48.7 Å². The summed E-state index contributed by atoms with van der Waals surface area (Å²) in [5.74, 6) is 1.36. The minimum absolute atomic E-state index is 0.324. The molecule has 4 rings (SSSR count). The molecule has 2 aromatic carbocycles. The zero-order valence-electron chi connectivity index (χ0n) is 19.1. The van der Waals surface area contributed by atoms with Gasteiger partial charge in [0, 0.05) is 24.5 Å². The number of hydrazone groups is 2. The van der Waals surface area contributed by atoms with Gasteiger partial charge in [-0.3, -0.25) is 0 Å². The lowest BCUT2D eigenvalue weighted by atomic mass is 10.1. The molecule has 0 atom stereocenters. The largest absolute Gasteiger partial charge is 0.353 e. The van der Waals surface area contributed by atoms with Crippen molar-refractivity contribution in [3.8, 4) is 0 Å². The zero-order valence-corrected chi connectivity index (χ0v) is 19.1. The van der Waals surface area contributed by atoms with Crippen LogP contribution in [0.4, 0.5) is 16.2 Å². The van der Waals surface area contributed by atoms with Crippen LogP contribution in [0.25, 0.3) is 0 Å². The Bertz CT molecular complexity index is 1040. The molecule has 0 aromatic heterocycles. The Morgan fingerprint density at radius 3 is 1.50 bits per heavy atom. The number of hydrogen-bond acceptors (Lipinski definition) is 9. The molecule has 176 valence electrons. The van der Waals surface area contributed by atoms with Gasteiger partial charge in [-0.05, 0) is 49.2 Å². The highest BCUT2D eigenvalue weighted by molar-refractivity contribution is 6.03. The SMILES string of the molecule is C/C(=N/NC1=NCCN1)c1ccc(NC(=O)Nc2ccc(/C(C)=N\NC3=NCCN3)cc2)cc1. The van der Waals surface area contributed by atoms with E-state index in [2.05, 4.69) is 52.3 Å². The summed E-state index contributed by atoms with van der Waals surface area (Å²) in [5.41, 5.74) is 10.7. The van der Waals surface area contributed by atoms with Crippen LogP contribution in [0.1, 0.15) is 25.0 Å². The van der Waals surface area contributed by atoms with Crippen LogP contribution < -0.4 is 32.1 Å². The van der Waals surface area contributed by atoms with Crippen LogP contribution >= 0.6 is 0 Å². The first kappa shape index (κ1) is 22.8. The first-order chi connectivity index (χ1) is 16.6. The third-order valence-corrected chi connectivity index (χ3v) is 5.13. The average Bonchev–Trinajstić information content (AvgIpc) is 3.56. The molecule has 0 unspecified atom stereocenters. The van der Waals surface area contributed by atoms with E-state index in [-0.39, 0.29) is 6.03 Å². The predicted octanol–water partition coefficient (Wildman–Crippen LogP) is 1.88. The molecule has 0 saturated heterocycles. The Labute approximate surface area is 197 Å². The molecule has 0 spiro atoms. The molecule has 11 heteroatoms. The van der Waals surface area contributed by atoms with Crippen molar-refractivity contribution >= 4 is 40.7 Å². The van der Waals surface area contributed by atoms with E-state index < -0.39 is 0 Å². The van der Waals surface area contributed by atoms with E-state index in [4.69, 9.17) is 0 Å². The third-order valence-electron chi connectivity index (χ3n) is 5.13. The second-order valence-corrected chi connectivity index (χ2v) is 7.67. The number of anilines is 2. The molecular formula is C23H28N10O. The summed E-state index contributed by atoms with van der Waals surface area (Å²) in [6, 6.07) is 14.6. The van der Waals surface area contributed by atoms with Gasteiger partial charge >= 0.3 is 6.03 Å². The molecule has 2 aliphatic heterocycles. The molecule has 2 aliphatic rings. The normalized spacial score (nSPS) is 15.6. The Hall–Kier alpha value is -4.41. The number of amides is 2. The van der Waals surface area contributed by atoms with E-state index in [1.165, 1.54) is 0 Å². The molecule has 0 fully saturated rings. The quantitative estimate of drug-likeness (QED) is 0.289. The van der Waals surface area contributed by atoms with E-state index >= 15 is 0 Å². The standard InChI is InChI=1S/C23H28N10O/c1-15(30-32-21-24-11-12-25-21)17-3-7-19(8-4-17)28-23(34)29-20-9-5-18(6-10-20)16(2)31-33-22-26-13-14-27-22/h3-10H,11-14H2,1-2H3,(H2,24,25,32)(H2,26,27,33)(H2,28,29,34)/b30-15-,31-16-. The van der Waals surface area contributed by atoms with Crippen molar-refractivity contribution in [2.45, 2.75) is 13.8 Å². The van der Waals surface area contributed by atoms with Crippen molar-refractivity contribution in [1.82, 2.24) is 21.5 Å². The summed E-state index contributed by atoms with van der Waals surface area (Å²) >= 11 is 0. The van der Waals surface area contributed by atoms with Crippen LogP contribution in [0.15, 0.2) is 68.7 Å². The van der Waals surface area contributed by atoms with Crippen LogP contribution in [0, 0.1) is 0 Å². The van der Waals surface area contributed by atoms with Gasteiger partial charge in [-0.1, -0.05) is 24.3 Å². The number of carbonyl (C=O) groups excluding carboxylic acids is 1. The fraction of sp³-hybridized carbons (Fsp3) is 0.261. The maximum atomic E-state index is 12.4. The Balaban J connectivity index is 1.27. The minimum atomic E-state index is -0.324. The fourth-order valence-corrected chi connectivity index (χ4v) is 3.23. The number of rotatable bonds is 6. The smallest absolute Gasteiger partial charge is 0.323 e. The monoisotopic (exact) mass is 460 g/mol. The maximum Gasteiger partial charge on any atom is 0.323 e. The second-order valence-electron chi connectivity index (χ2n) is 7.67. The number of guanidine groups is 2. The van der Waals surface area contributed by atoms with Crippen molar-refractivity contribution in [3.63, 3.8) is 0 Å². The molecule has 6 N–H and O–H groups in total. The molecular weight excluding hydrogens is 432 g/mol. The highest BCUT2D eigenvalue weighted by atomic mass is 16.2. The zero-order chi connectivity index (χ0) is 23.8. The third kappa shape index (κ3) is 6.31. The number of nitrogens with one attached hydrogen (secondary N) is 6. The van der Waals surface area contributed by atoms with Crippen molar-refractivity contribution in [2.24, 2.45) is 20.2 Å². The number of urea groups is 1. The number of carbonyl (C=O) groups is 1.